The average molecular weight is 431 g/mol. The van der Waals surface area contributed by atoms with Crippen molar-refractivity contribution < 1.29 is 9.53 Å². The molecular formula is C21H23ClN4O2S. The number of fused-ring (bicyclic) bond motifs is 1. The number of carbonyl (C=O) groups is 1. The highest BCUT2D eigenvalue weighted by molar-refractivity contribution is 7.14. The third-order valence-corrected chi connectivity index (χ3v) is 6.46. The van der Waals surface area contributed by atoms with Crippen molar-refractivity contribution in [2.45, 2.75) is 19.4 Å². The number of piperazine rings is 1. The van der Waals surface area contributed by atoms with Gasteiger partial charge >= 0.3 is 0 Å². The minimum Gasteiger partial charge on any atom is -0.479 e. The molecule has 1 fully saturated rings. The zero-order chi connectivity index (χ0) is 20.5. The third kappa shape index (κ3) is 3.82. The lowest BCUT2D eigenvalue weighted by molar-refractivity contribution is -0.138. The Kier molecular flexibility index (Phi) is 5.72. The van der Waals surface area contributed by atoms with E-state index in [4.69, 9.17) is 16.3 Å². The Morgan fingerprint density at radius 2 is 2.10 bits per heavy atom. The van der Waals surface area contributed by atoms with Gasteiger partial charge in [-0.2, -0.15) is 0 Å². The number of aliphatic imine (C=N–C) groups is 2. The zero-order valence-corrected chi connectivity index (χ0v) is 18.1. The maximum absolute atomic E-state index is 13.0. The Balaban J connectivity index is 1.69. The molecule has 1 aromatic carbocycles. The van der Waals surface area contributed by atoms with Crippen LogP contribution in [0, 0.1) is 6.92 Å². The predicted octanol–water partition coefficient (Wildman–Crippen LogP) is 3.24. The summed E-state index contributed by atoms with van der Waals surface area (Å²) in [6.45, 7) is 8.73. The molecule has 0 radical (unpaired) electrons. The second-order valence-electron chi connectivity index (χ2n) is 7.13. The van der Waals surface area contributed by atoms with Crippen LogP contribution in [0.5, 0.6) is 5.75 Å². The second kappa shape index (κ2) is 8.26. The van der Waals surface area contributed by atoms with Crippen LogP contribution in [-0.4, -0.2) is 62.6 Å². The number of nitrogens with zero attached hydrogens (tertiary/aromatic N) is 3. The summed E-state index contributed by atoms with van der Waals surface area (Å²) in [5.74, 6) is 0.713. The molecule has 8 heteroatoms. The number of halogens is 1. The molecule has 1 aromatic heterocycles. The van der Waals surface area contributed by atoms with Crippen LogP contribution >= 0.6 is 22.9 Å². The molecule has 2 aliphatic heterocycles. The van der Waals surface area contributed by atoms with E-state index in [2.05, 4.69) is 22.0 Å². The van der Waals surface area contributed by atoms with Gasteiger partial charge in [-0.05, 0) is 31.8 Å². The van der Waals surface area contributed by atoms with Crippen molar-refractivity contribution in [1.29, 1.82) is 0 Å². The lowest BCUT2D eigenvalue weighted by atomic mass is 10.0. The molecule has 0 aliphatic carbocycles. The summed E-state index contributed by atoms with van der Waals surface area (Å²) in [6.07, 6.45) is -0.0147. The Morgan fingerprint density at radius 3 is 2.79 bits per heavy atom. The highest BCUT2D eigenvalue weighted by atomic mass is 35.5. The quantitative estimate of drug-likeness (QED) is 0.757. The monoisotopic (exact) mass is 430 g/mol. The summed E-state index contributed by atoms with van der Waals surface area (Å²) in [5, 5.41) is 3.86. The maximum Gasteiger partial charge on any atom is 0.264 e. The number of hydrogen-bond donors (Lipinski definition) is 1. The van der Waals surface area contributed by atoms with Crippen LogP contribution in [-0.2, 0) is 11.2 Å². The van der Waals surface area contributed by atoms with E-state index in [0.717, 1.165) is 45.4 Å². The summed E-state index contributed by atoms with van der Waals surface area (Å²) in [5.41, 5.74) is 3.26. The van der Waals surface area contributed by atoms with E-state index in [0.29, 0.717) is 30.3 Å². The molecule has 29 heavy (non-hydrogen) atoms. The summed E-state index contributed by atoms with van der Waals surface area (Å²) >= 11 is 8.03. The van der Waals surface area contributed by atoms with Crippen molar-refractivity contribution in [2.24, 2.45) is 9.98 Å². The largest absolute Gasteiger partial charge is 0.479 e. The number of thiophene rings is 1. The number of nitrogens with one attached hydrogen (secondary N) is 1. The lowest BCUT2D eigenvalue weighted by Gasteiger charge is -2.29. The molecule has 2 aliphatic rings. The first-order chi connectivity index (χ1) is 14.0. The summed E-state index contributed by atoms with van der Waals surface area (Å²) < 4.78 is 6.20. The summed E-state index contributed by atoms with van der Waals surface area (Å²) in [7, 11) is 1.74. The molecule has 0 saturated carbocycles. The van der Waals surface area contributed by atoms with Crippen molar-refractivity contribution in [1.82, 2.24) is 10.2 Å². The molecule has 1 saturated heterocycles. The van der Waals surface area contributed by atoms with Crippen LogP contribution in [0.1, 0.15) is 20.9 Å². The van der Waals surface area contributed by atoms with Crippen LogP contribution in [0.2, 0.25) is 5.02 Å². The summed E-state index contributed by atoms with van der Waals surface area (Å²) in [4.78, 5) is 25.5. The van der Waals surface area contributed by atoms with Crippen molar-refractivity contribution in [3.63, 3.8) is 0 Å². The molecule has 4 rings (SSSR count). The summed E-state index contributed by atoms with van der Waals surface area (Å²) in [6, 6.07) is 5.72. The minimum absolute atomic E-state index is 0.0279. The van der Waals surface area contributed by atoms with Crippen LogP contribution < -0.4 is 10.1 Å². The molecule has 1 amide bonds. The highest BCUT2D eigenvalue weighted by Gasteiger charge is 2.35. The minimum atomic E-state index is -0.527. The van der Waals surface area contributed by atoms with Crippen molar-refractivity contribution >= 4 is 47.0 Å². The van der Waals surface area contributed by atoms with Gasteiger partial charge in [0.25, 0.3) is 5.91 Å². The Labute approximate surface area is 179 Å². The normalized spacial score (nSPS) is 19.1. The van der Waals surface area contributed by atoms with E-state index in [1.165, 1.54) is 0 Å². The average Bonchev–Trinajstić information content (AvgIpc) is 3.32. The maximum atomic E-state index is 13.0. The molecule has 0 spiro atoms. The second-order valence-corrected chi connectivity index (χ2v) is 8.82. The van der Waals surface area contributed by atoms with Gasteiger partial charge in [0.2, 0.25) is 0 Å². The smallest absolute Gasteiger partial charge is 0.264 e. The van der Waals surface area contributed by atoms with Crippen LogP contribution in [0.15, 0.2) is 28.2 Å². The van der Waals surface area contributed by atoms with E-state index in [1.807, 2.05) is 30.0 Å². The predicted molar refractivity (Wildman–Crippen MR) is 119 cm³/mol. The van der Waals surface area contributed by atoms with Gasteiger partial charge < -0.3 is 15.0 Å². The van der Waals surface area contributed by atoms with E-state index in [-0.39, 0.29) is 5.91 Å². The van der Waals surface area contributed by atoms with Gasteiger partial charge in [-0.3, -0.25) is 14.8 Å². The fourth-order valence-electron chi connectivity index (χ4n) is 3.86. The standard InChI is InChI=1S/C21H23ClN4O2S/c1-12-8-16(23-2)20(29-12)18(24-3)15-11-14(22)9-13-10-17(28-19(13)15)21(27)26-6-4-25-5-7-26/h8-9,11,17,25H,2,4-7,10H2,1,3H3. The lowest BCUT2D eigenvalue weighted by Crippen LogP contribution is -2.50. The van der Waals surface area contributed by atoms with Crippen LogP contribution in [0.3, 0.4) is 0 Å². The van der Waals surface area contributed by atoms with Gasteiger partial charge in [-0.1, -0.05) is 11.6 Å². The first kappa shape index (κ1) is 20.1. The van der Waals surface area contributed by atoms with Gasteiger partial charge in [0, 0.05) is 60.7 Å². The van der Waals surface area contributed by atoms with Crippen LogP contribution in [0.4, 0.5) is 5.69 Å². The van der Waals surface area contributed by atoms with Crippen molar-refractivity contribution in [3.8, 4) is 5.75 Å². The van der Waals surface area contributed by atoms with Crippen LogP contribution in [0.25, 0.3) is 0 Å². The Hall–Kier alpha value is -2.22. The van der Waals surface area contributed by atoms with E-state index in [9.17, 15) is 4.79 Å². The molecule has 6 nitrogen and oxygen atoms in total. The SMILES string of the molecule is C=Nc1cc(C)sc1C(=NC)c1cc(Cl)cc2c1OC(C(=O)N1CCNCC1)C2. The Bertz CT molecular complexity index is 995. The first-order valence-electron chi connectivity index (χ1n) is 9.55. The van der Waals surface area contributed by atoms with E-state index >= 15 is 0 Å². The molecule has 1 unspecified atom stereocenters. The van der Waals surface area contributed by atoms with Gasteiger partial charge in [0.05, 0.1) is 16.3 Å². The number of carbonyl (C=O) groups excluding carboxylic acids is 1. The number of rotatable bonds is 4. The first-order valence-corrected chi connectivity index (χ1v) is 10.7. The number of hydrogen-bond acceptors (Lipinski definition) is 6. The number of amides is 1. The molecule has 1 atom stereocenters. The third-order valence-electron chi connectivity index (χ3n) is 5.20. The highest BCUT2D eigenvalue weighted by Crippen LogP contribution is 2.40. The van der Waals surface area contributed by atoms with Gasteiger partial charge in [0.1, 0.15) is 5.75 Å². The molecule has 1 N–H and O–H groups in total. The topological polar surface area (TPSA) is 66.3 Å². The van der Waals surface area contributed by atoms with Gasteiger partial charge in [-0.15, -0.1) is 11.3 Å². The molecule has 3 heterocycles. The fraction of sp³-hybridized carbons (Fsp3) is 0.381. The zero-order valence-electron chi connectivity index (χ0n) is 16.5. The van der Waals surface area contributed by atoms with Crippen molar-refractivity contribution in [3.05, 3.63) is 44.1 Å². The Morgan fingerprint density at radius 1 is 1.34 bits per heavy atom. The molecule has 0 bridgehead atoms. The number of aryl methyl sites for hydroxylation is 1. The molecule has 2 aromatic rings. The number of benzene rings is 1. The molecular weight excluding hydrogens is 408 g/mol. The van der Waals surface area contributed by atoms with Gasteiger partial charge in [0.15, 0.2) is 6.10 Å². The number of ether oxygens (including phenoxy) is 1. The van der Waals surface area contributed by atoms with E-state index in [1.54, 1.807) is 18.4 Å². The van der Waals surface area contributed by atoms with E-state index < -0.39 is 6.10 Å². The fourth-order valence-corrected chi connectivity index (χ4v) is 5.12. The van der Waals surface area contributed by atoms with Crippen molar-refractivity contribution in [2.75, 3.05) is 33.2 Å². The van der Waals surface area contributed by atoms with Gasteiger partial charge in [-0.25, -0.2) is 0 Å². The molecule has 152 valence electrons.